The molecule has 0 bridgehead atoms. The fourth-order valence-electron chi connectivity index (χ4n) is 4.34. The zero-order valence-corrected chi connectivity index (χ0v) is 18.7. The average molecular weight is 491 g/mol. The van der Waals surface area contributed by atoms with Crippen molar-refractivity contribution in [3.8, 4) is 22.3 Å². The number of carboxylic acids is 1. The molecule has 0 fully saturated rings. The number of fused-ring (bicyclic) bond motifs is 1. The van der Waals surface area contributed by atoms with E-state index in [9.17, 15) is 23.1 Å². The zero-order chi connectivity index (χ0) is 25.4. The Morgan fingerprint density at radius 3 is 2.28 bits per heavy atom. The van der Waals surface area contributed by atoms with Crippen molar-refractivity contribution in [2.45, 2.75) is 6.18 Å². The Kier molecular flexibility index (Phi) is 5.68. The number of halogens is 3. The van der Waals surface area contributed by atoms with Crippen LogP contribution in [-0.2, 0) is 11.0 Å². The van der Waals surface area contributed by atoms with Gasteiger partial charge in [-0.3, -0.25) is 15.2 Å². The highest BCUT2D eigenvalue weighted by Gasteiger charge is 2.30. The quantitative estimate of drug-likeness (QED) is 0.268. The van der Waals surface area contributed by atoms with Crippen molar-refractivity contribution in [2.75, 3.05) is 6.54 Å². The van der Waals surface area contributed by atoms with E-state index in [1.165, 1.54) is 23.3 Å². The Hall–Kier alpha value is -4.66. The van der Waals surface area contributed by atoms with Crippen LogP contribution in [0.3, 0.4) is 0 Å². The van der Waals surface area contributed by atoms with E-state index in [4.69, 9.17) is 5.11 Å². The number of rotatable bonds is 5. The lowest BCUT2D eigenvalue weighted by atomic mass is 9.92. The minimum Gasteiger partial charge on any atom is -0.493 e. The van der Waals surface area contributed by atoms with Crippen molar-refractivity contribution in [3.63, 3.8) is 0 Å². The van der Waals surface area contributed by atoms with E-state index in [0.29, 0.717) is 22.4 Å². The molecule has 0 saturated carbocycles. The van der Waals surface area contributed by atoms with Gasteiger partial charge in [-0.05, 0) is 41.0 Å². The van der Waals surface area contributed by atoms with E-state index in [-0.39, 0.29) is 12.4 Å². The normalized spacial score (nSPS) is 13.8. The Morgan fingerprint density at radius 1 is 0.917 bits per heavy atom. The van der Waals surface area contributed by atoms with Crippen molar-refractivity contribution in [3.05, 3.63) is 102 Å². The van der Waals surface area contributed by atoms with Crippen LogP contribution in [0.1, 0.15) is 11.3 Å². The lowest BCUT2D eigenvalue weighted by Gasteiger charge is -2.25. The molecular weight excluding hydrogens is 471 g/mol. The lowest BCUT2D eigenvalue weighted by molar-refractivity contribution is -0.138. The van der Waals surface area contributed by atoms with Crippen molar-refractivity contribution in [2.24, 2.45) is 0 Å². The van der Waals surface area contributed by atoms with Crippen LogP contribution in [0.25, 0.3) is 38.7 Å². The largest absolute Gasteiger partial charge is 0.493 e. The summed E-state index contributed by atoms with van der Waals surface area (Å²) in [5.41, 5.74) is 6.32. The van der Waals surface area contributed by atoms with Crippen LogP contribution < -0.4 is 5.43 Å². The van der Waals surface area contributed by atoms with Gasteiger partial charge in [0, 0.05) is 22.7 Å². The molecule has 1 aliphatic heterocycles. The molecule has 0 radical (unpaired) electrons. The van der Waals surface area contributed by atoms with Gasteiger partial charge < -0.3 is 15.2 Å². The number of hydrogen-bond donors (Lipinski definition) is 4. The van der Waals surface area contributed by atoms with Crippen LogP contribution in [0.2, 0.25) is 0 Å². The predicted molar refractivity (Wildman–Crippen MR) is 130 cm³/mol. The first-order chi connectivity index (χ1) is 17.2. The highest BCUT2D eigenvalue weighted by Crippen LogP contribution is 2.43. The first-order valence-corrected chi connectivity index (χ1v) is 11.0. The van der Waals surface area contributed by atoms with Crippen LogP contribution in [-0.4, -0.2) is 32.7 Å². The number of alkyl halides is 3. The van der Waals surface area contributed by atoms with Crippen LogP contribution in [0, 0.1) is 0 Å². The highest BCUT2D eigenvalue weighted by molar-refractivity contribution is 6.10. The van der Waals surface area contributed by atoms with Gasteiger partial charge in [0.15, 0.2) is 0 Å². The number of allylic oxidation sites excluding steroid dienone is 2. The summed E-state index contributed by atoms with van der Waals surface area (Å²) in [5, 5.41) is 21.8. The predicted octanol–water partition coefficient (Wildman–Crippen LogP) is 6.17. The number of nitrogens with one attached hydrogen (secondary N) is 2. The number of aromatic amines is 1. The molecule has 36 heavy (non-hydrogen) atoms. The zero-order valence-electron chi connectivity index (χ0n) is 18.7. The summed E-state index contributed by atoms with van der Waals surface area (Å²) in [6.07, 6.45) is -1.44. The molecule has 0 atom stereocenters. The first-order valence-electron chi connectivity index (χ1n) is 11.0. The number of aliphatic carboxylic acids is 1. The van der Waals surface area contributed by atoms with Gasteiger partial charge in [0.05, 0.1) is 16.8 Å². The molecule has 1 aliphatic rings. The Labute approximate surface area is 203 Å². The fraction of sp³-hybridized carbons (Fsp3) is 0.0741. The lowest BCUT2D eigenvalue weighted by Crippen LogP contribution is -2.39. The van der Waals surface area contributed by atoms with Crippen LogP contribution in [0.5, 0.6) is 0 Å². The monoisotopic (exact) mass is 491 g/mol. The Balaban J connectivity index is 1.74. The molecule has 4 N–H and O–H groups in total. The SMILES string of the molecule is O=C(O)CN1C=CC(c2[nH]c3cccc(-c4ccccc4)c3c2-c2ccc(C(F)(F)F)cc2)=C(O)N1. The Morgan fingerprint density at radius 2 is 1.64 bits per heavy atom. The van der Waals surface area contributed by atoms with Gasteiger partial charge in [0.2, 0.25) is 5.88 Å². The van der Waals surface area contributed by atoms with Crippen molar-refractivity contribution >= 4 is 22.4 Å². The van der Waals surface area contributed by atoms with E-state index in [1.807, 2.05) is 48.5 Å². The maximum Gasteiger partial charge on any atom is 0.416 e. The number of hydrogen-bond acceptors (Lipinski definition) is 4. The van der Waals surface area contributed by atoms with Gasteiger partial charge >= 0.3 is 12.1 Å². The summed E-state index contributed by atoms with van der Waals surface area (Å²) in [5.74, 6) is -1.38. The van der Waals surface area contributed by atoms with Gasteiger partial charge in [-0.25, -0.2) is 0 Å². The summed E-state index contributed by atoms with van der Waals surface area (Å²) in [7, 11) is 0. The number of benzene rings is 3. The first kappa shape index (κ1) is 23.1. The highest BCUT2D eigenvalue weighted by atomic mass is 19.4. The average Bonchev–Trinajstić information content (AvgIpc) is 3.23. The second kappa shape index (κ2) is 8.84. The number of hydrazine groups is 1. The molecule has 0 unspecified atom stereocenters. The summed E-state index contributed by atoms with van der Waals surface area (Å²) in [6, 6.07) is 20.1. The smallest absolute Gasteiger partial charge is 0.416 e. The van der Waals surface area contributed by atoms with E-state index in [1.54, 1.807) is 6.08 Å². The molecule has 9 heteroatoms. The standard InChI is InChI=1S/C27H20F3N3O3/c28-27(29,30)18-11-9-17(10-12-18)23-24-19(16-5-2-1-3-6-16)7-4-8-21(24)31-25(23)20-13-14-33(15-22(34)35)32-26(20)36/h1-14,31-32,36H,15H2,(H,34,35). The number of aliphatic hydroxyl groups excluding tert-OH is 1. The third-order valence-electron chi connectivity index (χ3n) is 5.91. The maximum absolute atomic E-state index is 13.2. The van der Waals surface area contributed by atoms with Crippen molar-refractivity contribution < 1.29 is 28.2 Å². The summed E-state index contributed by atoms with van der Waals surface area (Å²) in [4.78, 5) is 14.4. The van der Waals surface area contributed by atoms with Gasteiger partial charge in [-0.1, -0.05) is 54.6 Å². The molecule has 6 nitrogen and oxygen atoms in total. The van der Waals surface area contributed by atoms with Crippen molar-refractivity contribution in [1.29, 1.82) is 0 Å². The number of aliphatic hydroxyl groups is 1. The van der Waals surface area contributed by atoms with Crippen LogP contribution >= 0.6 is 0 Å². The minimum absolute atomic E-state index is 0.292. The number of carbonyl (C=O) groups is 1. The number of carboxylic acid groups (broad SMARTS) is 1. The van der Waals surface area contributed by atoms with E-state index in [0.717, 1.165) is 34.2 Å². The molecule has 0 spiro atoms. The second-order valence-corrected chi connectivity index (χ2v) is 8.26. The molecule has 2 heterocycles. The second-order valence-electron chi connectivity index (χ2n) is 8.26. The number of nitrogens with zero attached hydrogens (tertiary/aromatic N) is 1. The molecule has 0 saturated heterocycles. The summed E-state index contributed by atoms with van der Waals surface area (Å²) < 4.78 is 39.7. The van der Waals surface area contributed by atoms with Crippen LogP contribution in [0.4, 0.5) is 13.2 Å². The molecule has 1 aromatic heterocycles. The Bertz CT molecular complexity index is 1500. The van der Waals surface area contributed by atoms with Crippen LogP contribution in [0.15, 0.2) is 91.0 Å². The molecule has 182 valence electrons. The molecule has 0 aliphatic carbocycles. The molecular formula is C27H20F3N3O3. The summed E-state index contributed by atoms with van der Waals surface area (Å²) in [6.45, 7) is -0.384. The van der Waals surface area contributed by atoms with Gasteiger partial charge in [0.1, 0.15) is 6.54 Å². The molecule has 3 aromatic carbocycles. The maximum atomic E-state index is 13.2. The third kappa shape index (κ3) is 4.26. The van der Waals surface area contributed by atoms with Crippen molar-refractivity contribution in [1.82, 2.24) is 15.4 Å². The third-order valence-corrected chi connectivity index (χ3v) is 5.91. The van der Waals surface area contributed by atoms with Gasteiger partial charge in [0.25, 0.3) is 0 Å². The summed E-state index contributed by atoms with van der Waals surface area (Å²) >= 11 is 0. The molecule has 0 amide bonds. The molecule has 5 rings (SSSR count). The van der Waals surface area contributed by atoms with Gasteiger partial charge in [-0.2, -0.15) is 13.2 Å². The topological polar surface area (TPSA) is 88.6 Å². The van der Waals surface area contributed by atoms with E-state index in [2.05, 4.69) is 10.4 Å². The minimum atomic E-state index is -4.47. The van der Waals surface area contributed by atoms with E-state index < -0.39 is 17.7 Å². The van der Waals surface area contributed by atoms with Gasteiger partial charge in [-0.15, -0.1) is 0 Å². The number of H-pyrrole nitrogens is 1. The molecule has 4 aromatic rings. The van der Waals surface area contributed by atoms with E-state index >= 15 is 0 Å². The number of aromatic nitrogens is 1. The fourth-order valence-corrected chi connectivity index (χ4v) is 4.34.